The van der Waals surface area contributed by atoms with Gasteiger partial charge < -0.3 is 19.3 Å². The van der Waals surface area contributed by atoms with Crippen LogP contribution in [0.2, 0.25) is 0 Å². The predicted octanol–water partition coefficient (Wildman–Crippen LogP) is 2.74. The zero-order valence-corrected chi connectivity index (χ0v) is 20.9. The lowest BCUT2D eigenvalue weighted by Gasteiger charge is -2.41. The topological polar surface area (TPSA) is 96.5 Å². The van der Waals surface area contributed by atoms with Crippen LogP contribution in [0.5, 0.6) is 5.75 Å². The minimum Gasteiger partial charge on any atom is -0.467 e. The first kappa shape index (κ1) is 29.5. The average Bonchev–Trinajstić information content (AvgIpc) is 2.92. The van der Waals surface area contributed by atoms with Gasteiger partial charge in [-0.25, -0.2) is 31.1 Å². The van der Waals surface area contributed by atoms with Crippen LogP contribution in [0.3, 0.4) is 0 Å². The van der Waals surface area contributed by atoms with Gasteiger partial charge in [0.25, 0.3) is 0 Å². The van der Waals surface area contributed by atoms with Gasteiger partial charge in [-0.1, -0.05) is 0 Å². The molecular formula is C24H17F8N3O6. The average molecular weight is 595 g/mol. The van der Waals surface area contributed by atoms with E-state index < -0.39 is 99.9 Å². The van der Waals surface area contributed by atoms with E-state index in [4.69, 9.17) is 0 Å². The van der Waals surface area contributed by atoms with E-state index in [1.165, 1.54) is 11.8 Å². The number of ether oxygens (including phenoxy) is 2. The van der Waals surface area contributed by atoms with Gasteiger partial charge in [-0.15, -0.1) is 0 Å². The molecular weight excluding hydrogens is 578 g/mol. The highest BCUT2D eigenvalue weighted by atomic mass is 19.3. The standard InChI is InChI=1S/C24H17F8N3O6/c1-9(36)33-3-4-34(13(7-33)22(38)40-2)15(37)8-35-12-5-10(11(25)6-14(12)41-24(31,32)23(35)39)16-17(26)19(28)21(30)20(29)18(16)27/h5-6,13H,3-4,7-8H2,1-2H3/t13-/m0/s1. The third kappa shape index (κ3) is 4.99. The Hall–Kier alpha value is -4.44. The highest BCUT2D eigenvalue weighted by molar-refractivity contribution is 6.05. The molecule has 1 fully saturated rings. The molecule has 17 heteroatoms. The minimum atomic E-state index is -4.68. The lowest BCUT2D eigenvalue weighted by atomic mass is 10.0. The Balaban J connectivity index is 1.79. The number of halogens is 8. The minimum absolute atomic E-state index is 0.0435. The Morgan fingerprint density at radius 3 is 2.12 bits per heavy atom. The maximum Gasteiger partial charge on any atom is 0.482 e. The molecule has 0 N–H and O–H groups in total. The van der Waals surface area contributed by atoms with Crippen LogP contribution in [-0.4, -0.2) is 78.9 Å². The molecule has 9 nitrogen and oxygen atoms in total. The monoisotopic (exact) mass is 595 g/mol. The van der Waals surface area contributed by atoms with Crippen molar-refractivity contribution in [2.45, 2.75) is 19.1 Å². The van der Waals surface area contributed by atoms with E-state index in [1.54, 1.807) is 0 Å². The predicted molar refractivity (Wildman–Crippen MR) is 119 cm³/mol. The van der Waals surface area contributed by atoms with E-state index in [-0.39, 0.29) is 30.6 Å². The van der Waals surface area contributed by atoms with Gasteiger partial charge in [-0.2, -0.15) is 8.78 Å². The number of piperazine rings is 1. The molecule has 4 rings (SSSR count). The molecule has 2 aromatic carbocycles. The molecule has 220 valence electrons. The van der Waals surface area contributed by atoms with E-state index in [0.29, 0.717) is 6.07 Å². The quantitative estimate of drug-likeness (QED) is 0.234. The van der Waals surface area contributed by atoms with Crippen molar-refractivity contribution in [3.05, 3.63) is 47.0 Å². The molecule has 3 amide bonds. The number of carbonyl (C=O) groups excluding carboxylic acids is 4. The summed E-state index contributed by atoms with van der Waals surface area (Å²) in [4.78, 5) is 51.9. The molecule has 0 spiro atoms. The number of benzene rings is 2. The zero-order valence-electron chi connectivity index (χ0n) is 20.9. The molecule has 0 bridgehead atoms. The molecule has 0 aliphatic carbocycles. The first-order valence-corrected chi connectivity index (χ1v) is 11.5. The van der Waals surface area contributed by atoms with Gasteiger partial charge >= 0.3 is 18.0 Å². The summed E-state index contributed by atoms with van der Waals surface area (Å²) in [5.74, 6) is -20.0. The number of nitrogens with zero attached hydrogens (tertiary/aromatic N) is 3. The summed E-state index contributed by atoms with van der Waals surface area (Å²) < 4.78 is 122. The summed E-state index contributed by atoms with van der Waals surface area (Å²) >= 11 is 0. The van der Waals surface area contributed by atoms with Crippen molar-refractivity contribution >= 4 is 29.4 Å². The Bertz CT molecular complexity index is 1460. The fraction of sp³-hybridized carbons (Fsp3) is 0.333. The van der Waals surface area contributed by atoms with Crippen molar-refractivity contribution in [1.82, 2.24) is 9.80 Å². The van der Waals surface area contributed by atoms with Gasteiger partial charge in [-0.3, -0.25) is 19.3 Å². The second-order valence-corrected chi connectivity index (χ2v) is 8.85. The number of amides is 3. The number of anilines is 1. The van der Waals surface area contributed by atoms with Crippen LogP contribution in [0.4, 0.5) is 40.8 Å². The second kappa shape index (κ2) is 10.5. The number of hydrogen-bond donors (Lipinski definition) is 0. The van der Waals surface area contributed by atoms with Gasteiger partial charge in [0.05, 0.1) is 24.9 Å². The first-order chi connectivity index (χ1) is 19.1. The van der Waals surface area contributed by atoms with E-state index in [2.05, 4.69) is 9.47 Å². The smallest absolute Gasteiger partial charge is 0.467 e. The lowest BCUT2D eigenvalue weighted by molar-refractivity contribution is -0.193. The van der Waals surface area contributed by atoms with Crippen molar-refractivity contribution < 1.29 is 63.8 Å². The number of carbonyl (C=O) groups is 4. The summed E-state index contributed by atoms with van der Waals surface area (Å²) in [6.07, 6.45) is -4.68. The Morgan fingerprint density at radius 1 is 0.976 bits per heavy atom. The maximum absolute atomic E-state index is 14.8. The Labute approximate surface area is 224 Å². The second-order valence-electron chi connectivity index (χ2n) is 8.85. The van der Waals surface area contributed by atoms with E-state index >= 15 is 0 Å². The molecule has 0 saturated carbocycles. The normalized spacial score (nSPS) is 18.1. The van der Waals surface area contributed by atoms with Crippen molar-refractivity contribution in [2.75, 3.05) is 38.2 Å². The van der Waals surface area contributed by atoms with Crippen molar-refractivity contribution in [1.29, 1.82) is 0 Å². The van der Waals surface area contributed by atoms with Crippen LogP contribution < -0.4 is 9.64 Å². The molecule has 2 aliphatic heterocycles. The molecule has 0 unspecified atom stereocenters. The third-order valence-corrected chi connectivity index (χ3v) is 6.46. The summed E-state index contributed by atoms with van der Waals surface area (Å²) in [5, 5.41) is 0. The molecule has 0 radical (unpaired) electrons. The number of rotatable bonds is 4. The fourth-order valence-corrected chi connectivity index (χ4v) is 4.41. The van der Waals surface area contributed by atoms with Crippen LogP contribution in [0.15, 0.2) is 12.1 Å². The molecule has 2 aliphatic rings. The Kier molecular flexibility index (Phi) is 7.57. The van der Waals surface area contributed by atoms with Crippen molar-refractivity contribution in [3.8, 4) is 16.9 Å². The summed E-state index contributed by atoms with van der Waals surface area (Å²) in [7, 11) is 0.982. The number of hydrogen-bond acceptors (Lipinski definition) is 6. The summed E-state index contributed by atoms with van der Waals surface area (Å²) in [6, 6.07) is -1.00. The zero-order chi connectivity index (χ0) is 30.5. The summed E-state index contributed by atoms with van der Waals surface area (Å²) in [5.41, 5.74) is -3.99. The lowest BCUT2D eigenvalue weighted by Crippen LogP contribution is -2.62. The molecule has 1 atom stereocenters. The molecule has 1 saturated heterocycles. The maximum atomic E-state index is 14.8. The largest absolute Gasteiger partial charge is 0.482 e. The fourth-order valence-electron chi connectivity index (χ4n) is 4.41. The van der Waals surface area contributed by atoms with E-state index in [9.17, 15) is 54.3 Å². The van der Waals surface area contributed by atoms with Gasteiger partial charge in [0.15, 0.2) is 29.0 Å². The number of alkyl halides is 2. The van der Waals surface area contributed by atoms with Gasteiger partial charge in [-0.05, 0) is 6.07 Å². The molecule has 2 aromatic rings. The van der Waals surface area contributed by atoms with Gasteiger partial charge in [0.1, 0.15) is 18.4 Å². The van der Waals surface area contributed by atoms with Gasteiger partial charge in [0, 0.05) is 31.6 Å². The number of fused-ring (bicyclic) bond motifs is 1. The van der Waals surface area contributed by atoms with Crippen LogP contribution in [0.25, 0.3) is 11.1 Å². The van der Waals surface area contributed by atoms with Crippen LogP contribution in [-0.2, 0) is 23.9 Å². The highest BCUT2D eigenvalue weighted by Crippen LogP contribution is 2.44. The SMILES string of the molecule is COC(=O)[C@@H]1CN(C(C)=O)CCN1C(=O)CN1C(=O)C(F)(F)Oc2cc(F)c(-c3c(F)c(F)c(F)c(F)c3F)cc21. The Morgan fingerprint density at radius 2 is 1.56 bits per heavy atom. The van der Waals surface area contributed by atoms with E-state index in [0.717, 1.165) is 12.0 Å². The van der Waals surface area contributed by atoms with Crippen LogP contribution >= 0.6 is 0 Å². The van der Waals surface area contributed by atoms with Crippen LogP contribution in [0.1, 0.15) is 6.92 Å². The third-order valence-electron chi connectivity index (χ3n) is 6.46. The molecule has 2 heterocycles. The number of esters is 1. The van der Waals surface area contributed by atoms with E-state index in [1.807, 2.05) is 0 Å². The molecule has 41 heavy (non-hydrogen) atoms. The van der Waals surface area contributed by atoms with Crippen LogP contribution in [0, 0.1) is 34.9 Å². The highest BCUT2D eigenvalue weighted by Gasteiger charge is 2.52. The van der Waals surface area contributed by atoms with Gasteiger partial charge in [0.2, 0.25) is 17.6 Å². The van der Waals surface area contributed by atoms with Crippen molar-refractivity contribution in [2.24, 2.45) is 0 Å². The molecule has 0 aromatic heterocycles. The summed E-state index contributed by atoms with van der Waals surface area (Å²) in [6.45, 7) is -0.820. The number of methoxy groups -OCH3 is 1. The van der Waals surface area contributed by atoms with Crippen molar-refractivity contribution in [3.63, 3.8) is 0 Å². The first-order valence-electron chi connectivity index (χ1n) is 11.5.